The lowest BCUT2D eigenvalue weighted by Crippen LogP contribution is -2.33. The first kappa shape index (κ1) is 21.8. The summed E-state index contributed by atoms with van der Waals surface area (Å²) < 4.78 is 39.9. The van der Waals surface area contributed by atoms with E-state index in [1.54, 1.807) is 13.0 Å². The molecule has 29 heavy (non-hydrogen) atoms. The van der Waals surface area contributed by atoms with E-state index >= 15 is 0 Å². The first-order chi connectivity index (χ1) is 14.0. The first-order valence-corrected chi connectivity index (χ1v) is 10.8. The van der Waals surface area contributed by atoms with Crippen LogP contribution >= 0.6 is 0 Å². The Balaban J connectivity index is 1.66. The van der Waals surface area contributed by atoms with Gasteiger partial charge in [0, 0.05) is 12.2 Å². The highest BCUT2D eigenvalue weighted by molar-refractivity contribution is 5.65. The molecule has 3 rings (SSSR count). The van der Waals surface area contributed by atoms with E-state index in [1.807, 2.05) is 24.3 Å². The molecule has 158 valence electrons. The van der Waals surface area contributed by atoms with Gasteiger partial charge in [0.2, 0.25) is 5.82 Å². The van der Waals surface area contributed by atoms with Crippen molar-refractivity contribution in [3.05, 3.63) is 53.6 Å². The van der Waals surface area contributed by atoms with Crippen LogP contribution in [0.3, 0.4) is 0 Å². The van der Waals surface area contributed by atoms with E-state index in [1.165, 1.54) is 11.6 Å². The second kappa shape index (κ2) is 9.71. The fourth-order valence-electron chi connectivity index (χ4n) is 4.13. The molecule has 2 nitrogen and oxygen atoms in total. The topological polar surface area (TPSA) is 18.5 Å². The van der Waals surface area contributed by atoms with Gasteiger partial charge in [-0.05, 0) is 75.1 Å². The Morgan fingerprint density at radius 2 is 1.66 bits per heavy atom. The van der Waals surface area contributed by atoms with Crippen molar-refractivity contribution < 1.29 is 18.3 Å². The van der Waals surface area contributed by atoms with Crippen molar-refractivity contribution in [1.82, 2.24) is 0 Å². The molecule has 1 saturated carbocycles. The molecular weight excluding hydrogens is 370 g/mol. The lowest BCUT2D eigenvalue weighted by atomic mass is 9.76. The van der Waals surface area contributed by atoms with Crippen LogP contribution in [0, 0.1) is 11.6 Å². The van der Waals surface area contributed by atoms with Crippen LogP contribution in [0.1, 0.15) is 70.8 Å². The molecule has 0 aliphatic heterocycles. The largest absolute Gasteiger partial charge is 0.491 e. The SMILES string of the molecule is CCCCOC1(C)CCC(c2ccc(-c3ccc(OCC)c(F)c3F)cc2)CC1. The van der Waals surface area contributed by atoms with E-state index in [2.05, 4.69) is 13.8 Å². The Hall–Kier alpha value is -1.94. The van der Waals surface area contributed by atoms with Gasteiger partial charge in [0.05, 0.1) is 12.2 Å². The lowest BCUT2D eigenvalue weighted by Gasteiger charge is -2.37. The van der Waals surface area contributed by atoms with E-state index in [-0.39, 0.29) is 16.9 Å². The van der Waals surface area contributed by atoms with E-state index in [0.717, 1.165) is 45.1 Å². The Morgan fingerprint density at radius 3 is 2.28 bits per heavy atom. The Morgan fingerprint density at radius 1 is 0.966 bits per heavy atom. The van der Waals surface area contributed by atoms with E-state index in [4.69, 9.17) is 9.47 Å². The van der Waals surface area contributed by atoms with Crippen molar-refractivity contribution in [2.75, 3.05) is 13.2 Å². The normalized spacial score (nSPS) is 21.9. The quantitative estimate of drug-likeness (QED) is 0.433. The van der Waals surface area contributed by atoms with Crippen LogP contribution in [-0.4, -0.2) is 18.8 Å². The van der Waals surface area contributed by atoms with E-state index in [9.17, 15) is 8.78 Å². The molecule has 0 bridgehead atoms. The van der Waals surface area contributed by atoms with Crippen molar-refractivity contribution in [3.63, 3.8) is 0 Å². The summed E-state index contributed by atoms with van der Waals surface area (Å²) in [4.78, 5) is 0. The summed E-state index contributed by atoms with van der Waals surface area (Å²) >= 11 is 0. The molecule has 0 unspecified atom stereocenters. The highest BCUT2D eigenvalue weighted by atomic mass is 19.2. The predicted octanol–water partition coefficient (Wildman–Crippen LogP) is 7.26. The van der Waals surface area contributed by atoms with Gasteiger partial charge in [-0.25, -0.2) is 4.39 Å². The molecule has 1 fully saturated rings. The van der Waals surface area contributed by atoms with Gasteiger partial charge >= 0.3 is 0 Å². The summed E-state index contributed by atoms with van der Waals surface area (Å²) in [6.45, 7) is 7.30. The van der Waals surface area contributed by atoms with Crippen LogP contribution in [0.2, 0.25) is 0 Å². The number of hydrogen-bond donors (Lipinski definition) is 0. The van der Waals surface area contributed by atoms with Gasteiger partial charge in [-0.1, -0.05) is 37.6 Å². The number of ether oxygens (including phenoxy) is 2. The molecule has 1 aliphatic carbocycles. The minimum Gasteiger partial charge on any atom is -0.491 e. The number of unbranched alkanes of at least 4 members (excludes halogenated alkanes) is 1. The van der Waals surface area contributed by atoms with Crippen LogP contribution in [-0.2, 0) is 4.74 Å². The van der Waals surface area contributed by atoms with Crippen LogP contribution < -0.4 is 4.74 Å². The molecule has 2 aromatic rings. The maximum Gasteiger partial charge on any atom is 0.201 e. The van der Waals surface area contributed by atoms with Gasteiger partial charge in [-0.2, -0.15) is 4.39 Å². The third-order valence-corrected chi connectivity index (χ3v) is 6.03. The molecule has 0 aromatic heterocycles. The molecule has 1 aliphatic rings. The monoisotopic (exact) mass is 402 g/mol. The Labute approximate surface area is 173 Å². The summed E-state index contributed by atoms with van der Waals surface area (Å²) in [6, 6.07) is 10.9. The molecule has 0 heterocycles. The summed E-state index contributed by atoms with van der Waals surface area (Å²) in [5.41, 5.74) is 2.19. The van der Waals surface area contributed by atoms with Crippen molar-refractivity contribution >= 4 is 0 Å². The average molecular weight is 403 g/mol. The summed E-state index contributed by atoms with van der Waals surface area (Å²) in [5.74, 6) is -1.34. The summed E-state index contributed by atoms with van der Waals surface area (Å²) in [5, 5.41) is 0. The zero-order valence-electron chi connectivity index (χ0n) is 17.8. The third kappa shape index (κ3) is 5.16. The molecule has 0 atom stereocenters. The van der Waals surface area contributed by atoms with Crippen molar-refractivity contribution in [1.29, 1.82) is 0 Å². The number of rotatable bonds is 8. The minimum absolute atomic E-state index is 0.00538. The Bertz CT molecular complexity index is 793. The smallest absolute Gasteiger partial charge is 0.201 e. The van der Waals surface area contributed by atoms with Gasteiger partial charge in [0.15, 0.2) is 11.6 Å². The summed E-state index contributed by atoms with van der Waals surface area (Å²) in [6.07, 6.45) is 6.57. The maximum atomic E-state index is 14.5. The number of hydrogen-bond acceptors (Lipinski definition) is 2. The lowest BCUT2D eigenvalue weighted by molar-refractivity contribution is -0.0601. The average Bonchev–Trinajstić information content (AvgIpc) is 2.73. The van der Waals surface area contributed by atoms with Crippen LogP contribution in [0.15, 0.2) is 36.4 Å². The van der Waals surface area contributed by atoms with Crippen LogP contribution in [0.4, 0.5) is 8.78 Å². The Kier molecular flexibility index (Phi) is 7.28. The number of halogens is 2. The molecular formula is C25H32F2O2. The second-order valence-electron chi connectivity index (χ2n) is 8.22. The van der Waals surface area contributed by atoms with E-state index < -0.39 is 11.6 Å². The highest BCUT2D eigenvalue weighted by Gasteiger charge is 2.32. The predicted molar refractivity (Wildman–Crippen MR) is 113 cm³/mol. The molecule has 0 N–H and O–H groups in total. The zero-order valence-corrected chi connectivity index (χ0v) is 17.8. The van der Waals surface area contributed by atoms with Crippen LogP contribution in [0.25, 0.3) is 11.1 Å². The molecule has 0 amide bonds. The van der Waals surface area contributed by atoms with Gasteiger partial charge in [0.1, 0.15) is 0 Å². The fourth-order valence-corrected chi connectivity index (χ4v) is 4.13. The standard InChI is InChI=1S/C25H32F2O2/c1-4-6-17-29-25(3)15-13-19(14-16-25)18-7-9-20(10-8-18)21-11-12-22(28-5-2)24(27)23(21)26/h7-12,19H,4-6,13-17H2,1-3H3. The van der Waals surface area contributed by atoms with Crippen molar-refractivity contribution in [3.8, 4) is 16.9 Å². The first-order valence-electron chi connectivity index (χ1n) is 10.8. The minimum atomic E-state index is -0.928. The summed E-state index contributed by atoms with van der Waals surface area (Å²) in [7, 11) is 0. The third-order valence-electron chi connectivity index (χ3n) is 6.03. The molecule has 0 saturated heterocycles. The van der Waals surface area contributed by atoms with Gasteiger partial charge in [0.25, 0.3) is 0 Å². The van der Waals surface area contributed by atoms with Crippen molar-refractivity contribution in [2.24, 2.45) is 0 Å². The van der Waals surface area contributed by atoms with Crippen LogP contribution in [0.5, 0.6) is 5.75 Å². The molecule has 4 heteroatoms. The van der Waals surface area contributed by atoms with Gasteiger partial charge < -0.3 is 9.47 Å². The van der Waals surface area contributed by atoms with Gasteiger partial charge in [-0.3, -0.25) is 0 Å². The fraction of sp³-hybridized carbons (Fsp3) is 0.520. The number of benzene rings is 2. The molecule has 0 radical (unpaired) electrons. The maximum absolute atomic E-state index is 14.5. The van der Waals surface area contributed by atoms with Gasteiger partial charge in [-0.15, -0.1) is 0 Å². The molecule has 0 spiro atoms. The highest BCUT2D eigenvalue weighted by Crippen LogP contribution is 2.40. The zero-order chi connectivity index (χ0) is 20.9. The van der Waals surface area contributed by atoms with Crippen molar-refractivity contribution in [2.45, 2.75) is 70.8 Å². The second-order valence-corrected chi connectivity index (χ2v) is 8.22. The van der Waals surface area contributed by atoms with E-state index in [0.29, 0.717) is 18.1 Å². The molecule has 2 aromatic carbocycles.